The van der Waals surface area contributed by atoms with Gasteiger partial charge in [0.2, 0.25) is 0 Å². The predicted molar refractivity (Wildman–Crippen MR) is 103 cm³/mol. The maximum atomic E-state index is 13.0. The zero-order valence-electron chi connectivity index (χ0n) is 15.8. The Morgan fingerprint density at radius 2 is 1.78 bits per heavy atom. The third-order valence-corrected chi connectivity index (χ3v) is 5.30. The second kappa shape index (κ2) is 7.14. The lowest BCUT2D eigenvalue weighted by molar-refractivity contribution is -0.133. The molecule has 2 saturated heterocycles. The molecule has 4 amide bonds. The average molecular weight is 438 g/mol. The number of nitrogens with one attached hydrogen (secondary N) is 1. The normalized spacial score (nSPS) is 19.4. The van der Waals surface area contributed by atoms with Crippen molar-refractivity contribution in [2.45, 2.75) is 51.3 Å². The van der Waals surface area contributed by atoms with E-state index in [0.29, 0.717) is 25.9 Å². The van der Waals surface area contributed by atoms with E-state index in [1.807, 2.05) is 45.0 Å². The van der Waals surface area contributed by atoms with E-state index in [4.69, 9.17) is 4.74 Å². The number of likely N-dealkylation sites (tertiary alicyclic amines) is 1. The Bertz CT molecular complexity index is 749. The van der Waals surface area contributed by atoms with Crippen molar-refractivity contribution in [2.75, 3.05) is 13.1 Å². The zero-order valence-corrected chi connectivity index (χ0v) is 17.3. The molecular formula is C19H24BrN3O4. The van der Waals surface area contributed by atoms with Crippen LogP contribution in [0.5, 0.6) is 0 Å². The van der Waals surface area contributed by atoms with Crippen LogP contribution in [0, 0.1) is 0 Å². The number of rotatable bonds is 2. The minimum absolute atomic E-state index is 0.223. The van der Waals surface area contributed by atoms with Crippen molar-refractivity contribution in [3.05, 3.63) is 34.3 Å². The van der Waals surface area contributed by atoms with Gasteiger partial charge in [0.25, 0.3) is 5.91 Å². The molecular weight excluding hydrogens is 414 g/mol. The van der Waals surface area contributed by atoms with Crippen LogP contribution in [0.2, 0.25) is 0 Å². The minimum atomic E-state index is -0.926. The quantitative estimate of drug-likeness (QED) is 0.719. The Hall–Kier alpha value is -2.09. The Morgan fingerprint density at radius 3 is 2.33 bits per heavy atom. The predicted octanol–water partition coefficient (Wildman–Crippen LogP) is 3.27. The summed E-state index contributed by atoms with van der Waals surface area (Å²) in [5.74, 6) is -0.223. The van der Waals surface area contributed by atoms with E-state index >= 15 is 0 Å². The fraction of sp³-hybridized carbons (Fsp3) is 0.526. The van der Waals surface area contributed by atoms with E-state index < -0.39 is 11.1 Å². The highest BCUT2D eigenvalue weighted by molar-refractivity contribution is 9.10. The smallest absolute Gasteiger partial charge is 0.410 e. The van der Waals surface area contributed by atoms with Gasteiger partial charge < -0.3 is 15.0 Å². The molecule has 1 spiro atoms. The molecule has 0 aromatic heterocycles. The summed E-state index contributed by atoms with van der Waals surface area (Å²) < 4.78 is 6.33. The van der Waals surface area contributed by atoms with Gasteiger partial charge in [0.05, 0.1) is 6.54 Å². The molecule has 146 valence electrons. The Morgan fingerprint density at radius 1 is 1.19 bits per heavy atom. The third-order valence-electron chi connectivity index (χ3n) is 4.77. The molecule has 0 atom stereocenters. The number of imide groups is 1. The van der Waals surface area contributed by atoms with Crippen LogP contribution >= 0.6 is 15.9 Å². The van der Waals surface area contributed by atoms with Crippen LogP contribution in [0.3, 0.4) is 0 Å². The van der Waals surface area contributed by atoms with Crippen molar-refractivity contribution in [1.82, 2.24) is 15.1 Å². The number of ether oxygens (including phenoxy) is 1. The number of nitrogens with zero attached hydrogens (tertiary/aromatic N) is 2. The van der Waals surface area contributed by atoms with Crippen LogP contribution in [-0.2, 0) is 16.1 Å². The Balaban J connectivity index is 1.65. The number of benzene rings is 1. The SMILES string of the molecule is CC(C)(C)OC(=O)N1CCC2(CC1)NC(=O)N(Cc1ccc(Br)cc1)C2=O. The van der Waals surface area contributed by atoms with Crippen molar-refractivity contribution in [3.63, 3.8) is 0 Å². The topological polar surface area (TPSA) is 79.0 Å². The molecule has 0 bridgehead atoms. The molecule has 2 fully saturated rings. The largest absolute Gasteiger partial charge is 0.444 e. The highest BCUT2D eigenvalue weighted by Crippen LogP contribution is 2.31. The molecule has 2 aliphatic rings. The molecule has 1 N–H and O–H groups in total. The fourth-order valence-electron chi connectivity index (χ4n) is 3.33. The molecule has 8 heteroatoms. The first-order valence-electron chi connectivity index (χ1n) is 8.96. The summed E-state index contributed by atoms with van der Waals surface area (Å²) in [6, 6.07) is 7.13. The van der Waals surface area contributed by atoms with Gasteiger partial charge >= 0.3 is 12.1 Å². The van der Waals surface area contributed by atoms with Gasteiger partial charge in [0.15, 0.2) is 0 Å². The van der Waals surface area contributed by atoms with Gasteiger partial charge in [-0.1, -0.05) is 28.1 Å². The van der Waals surface area contributed by atoms with Crippen molar-refractivity contribution < 1.29 is 19.1 Å². The van der Waals surface area contributed by atoms with Gasteiger partial charge in [0, 0.05) is 17.6 Å². The maximum absolute atomic E-state index is 13.0. The number of urea groups is 1. The van der Waals surface area contributed by atoms with Gasteiger partial charge in [-0.05, 0) is 51.3 Å². The van der Waals surface area contributed by atoms with Gasteiger partial charge in [-0.25, -0.2) is 9.59 Å². The van der Waals surface area contributed by atoms with Crippen LogP contribution in [-0.4, -0.2) is 52.1 Å². The second-order valence-corrected chi connectivity index (χ2v) is 8.91. The van der Waals surface area contributed by atoms with Crippen molar-refractivity contribution in [3.8, 4) is 0 Å². The summed E-state index contributed by atoms with van der Waals surface area (Å²) in [5, 5.41) is 2.86. The van der Waals surface area contributed by atoms with E-state index in [9.17, 15) is 14.4 Å². The van der Waals surface area contributed by atoms with Crippen LogP contribution < -0.4 is 5.32 Å². The van der Waals surface area contributed by atoms with Crippen LogP contribution in [0.1, 0.15) is 39.2 Å². The molecule has 3 rings (SSSR count). The minimum Gasteiger partial charge on any atom is -0.444 e. The summed E-state index contributed by atoms with van der Waals surface area (Å²) in [5.41, 5.74) is -0.610. The second-order valence-electron chi connectivity index (χ2n) is 8.00. The molecule has 27 heavy (non-hydrogen) atoms. The van der Waals surface area contributed by atoms with E-state index in [1.165, 1.54) is 4.90 Å². The fourth-order valence-corrected chi connectivity index (χ4v) is 3.59. The summed E-state index contributed by atoms with van der Waals surface area (Å²) in [6.45, 7) is 6.42. The highest BCUT2D eigenvalue weighted by Gasteiger charge is 2.52. The molecule has 0 radical (unpaired) electrons. The van der Waals surface area contributed by atoms with E-state index in [2.05, 4.69) is 21.2 Å². The summed E-state index contributed by atoms with van der Waals surface area (Å²) >= 11 is 3.37. The van der Waals surface area contributed by atoms with Crippen LogP contribution in [0.15, 0.2) is 28.7 Å². The van der Waals surface area contributed by atoms with Gasteiger partial charge in [-0.15, -0.1) is 0 Å². The molecule has 7 nitrogen and oxygen atoms in total. The van der Waals surface area contributed by atoms with Crippen molar-refractivity contribution in [1.29, 1.82) is 0 Å². The molecule has 1 aromatic rings. The average Bonchev–Trinajstić information content (AvgIpc) is 2.80. The molecule has 2 heterocycles. The third kappa shape index (κ3) is 4.26. The van der Waals surface area contributed by atoms with E-state index in [1.54, 1.807) is 4.90 Å². The number of amides is 4. The van der Waals surface area contributed by atoms with Gasteiger partial charge in [0.1, 0.15) is 11.1 Å². The number of carbonyl (C=O) groups is 3. The number of hydrogen-bond donors (Lipinski definition) is 1. The lowest BCUT2D eigenvalue weighted by Gasteiger charge is -2.37. The first-order valence-corrected chi connectivity index (χ1v) is 9.75. The number of hydrogen-bond acceptors (Lipinski definition) is 4. The van der Waals surface area contributed by atoms with Gasteiger partial charge in [-0.3, -0.25) is 9.69 Å². The lowest BCUT2D eigenvalue weighted by atomic mass is 9.87. The van der Waals surface area contributed by atoms with Crippen LogP contribution in [0.4, 0.5) is 9.59 Å². The monoisotopic (exact) mass is 437 g/mol. The molecule has 2 aliphatic heterocycles. The molecule has 0 saturated carbocycles. The summed E-state index contributed by atoms with van der Waals surface area (Å²) in [4.78, 5) is 40.4. The molecule has 0 aliphatic carbocycles. The van der Waals surface area contributed by atoms with Gasteiger partial charge in [-0.2, -0.15) is 0 Å². The molecule has 1 aromatic carbocycles. The zero-order chi connectivity index (χ0) is 19.8. The first kappa shape index (κ1) is 19.7. The van der Waals surface area contributed by atoms with Crippen molar-refractivity contribution in [2.24, 2.45) is 0 Å². The van der Waals surface area contributed by atoms with Crippen molar-refractivity contribution >= 4 is 34.0 Å². The Kier molecular flexibility index (Phi) is 5.20. The summed E-state index contributed by atoms with van der Waals surface area (Å²) in [7, 11) is 0. The maximum Gasteiger partial charge on any atom is 0.410 e. The number of piperidine rings is 1. The standard InChI is InChI=1S/C19H24BrN3O4/c1-18(2,3)27-17(26)22-10-8-19(9-11-22)15(24)23(16(25)21-19)12-13-4-6-14(20)7-5-13/h4-7H,8-12H2,1-3H3,(H,21,25). The molecule has 0 unspecified atom stereocenters. The highest BCUT2D eigenvalue weighted by atomic mass is 79.9. The van der Waals surface area contributed by atoms with E-state index in [-0.39, 0.29) is 24.6 Å². The summed E-state index contributed by atoms with van der Waals surface area (Å²) in [6.07, 6.45) is 0.377. The Labute approximate surface area is 167 Å². The number of carbonyl (C=O) groups excluding carboxylic acids is 3. The lowest BCUT2D eigenvalue weighted by Crippen LogP contribution is -2.56. The van der Waals surface area contributed by atoms with E-state index in [0.717, 1.165) is 10.0 Å². The first-order chi connectivity index (χ1) is 12.6. The van der Waals surface area contributed by atoms with Crippen LogP contribution in [0.25, 0.3) is 0 Å². The number of halogens is 1.